The lowest BCUT2D eigenvalue weighted by atomic mass is 10.0. The summed E-state index contributed by atoms with van der Waals surface area (Å²) in [6, 6.07) is 1.96. The second kappa shape index (κ2) is 6.40. The maximum absolute atomic E-state index is 13.0. The van der Waals surface area contributed by atoms with E-state index in [1.54, 1.807) is 6.92 Å². The largest absolute Gasteiger partial charge is 0.433 e. The van der Waals surface area contributed by atoms with Crippen molar-refractivity contribution in [2.75, 3.05) is 22.9 Å². The van der Waals surface area contributed by atoms with E-state index in [2.05, 4.69) is 20.1 Å². The van der Waals surface area contributed by atoms with Crippen molar-refractivity contribution in [2.45, 2.75) is 50.9 Å². The monoisotopic (exact) mass is 368 g/mol. The Bertz CT molecular complexity index is 767. The Kier molecular flexibility index (Phi) is 4.20. The van der Waals surface area contributed by atoms with Gasteiger partial charge in [0.15, 0.2) is 5.82 Å². The molecule has 2 aromatic rings. The van der Waals surface area contributed by atoms with Crippen molar-refractivity contribution in [1.29, 1.82) is 0 Å². The molecule has 3 heterocycles. The zero-order valence-corrected chi connectivity index (χ0v) is 14.3. The fourth-order valence-electron chi connectivity index (χ4n) is 3.42. The summed E-state index contributed by atoms with van der Waals surface area (Å²) in [6.45, 7) is 3.20. The van der Waals surface area contributed by atoms with Gasteiger partial charge in [-0.25, -0.2) is 9.97 Å². The fraction of sp³-hybridized carbons (Fsp3) is 0.625. The lowest BCUT2D eigenvalue weighted by Gasteiger charge is -2.38. The lowest BCUT2D eigenvalue weighted by molar-refractivity contribution is -0.141. The van der Waals surface area contributed by atoms with Crippen molar-refractivity contribution in [2.24, 2.45) is 0 Å². The summed E-state index contributed by atoms with van der Waals surface area (Å²) in [5.74, 6) is 0.948. The van der Waals surface area contributed by atoms with Gasteiger partial charge in [-0.1, -0.05) is 5.16 Å². The molecule has 1 aliphatic carbocycles. The summed E-state index contributed by atoms with van der Waals surface area (Å²) in [4.78, 5) is 15.8. The highest BCUT2D eigenvalue weighted by Gasteiger charge is 2.39. The van der Waals surface area contributed by atoms with Crippen LogP contribution in [0, 0.1) is 6.92 Å². The van der Waals surface area contributed by atoms with Gasteiger partial charge >= 0.3 is 12.2 Å². The van der Waals surface area contributed by atoms with Gasteiger partial charge in [0.25, 0.3) is 0 Å². The van der Waals surface area contributed by atoms with Gasteiger partial charge in [-0.05, 0) is 32.6 Å². The number of hydrogen-bond donors (Lipinski definition) is 0. The molecule has 0 spiro atoms. The number of nitrogens with zero attached hydrogens (tertiary/aromatic N) is 6. The van der Waals surface area contributed by atoms with E-state index >= 15 is 0 Å². The van der Waals surface area contributed by atoms with Crippen LogP contribution in [0.3, 0.4) is 0 Å². The molecule has 0 bridgehead atoms. The van der Waals surface area contributed by atoms with E-state index in [9.17, 15) is 13.2 Å². The van der Waals surface area contributed by atoms with Crippen molar-refractivity contribution >= 4 is 11.8 Å². The number of anilines is 2. The summed E-state index contributed by atoms with van der Waals surface area (Å²) in [5, 5.41) is 3.80. The van der Waals surface area contributed by atoms with Crippen LogP contribution in [0.2, 0.25) is 0 Å². The van der Waals surface area contributed by atoms with Gasteiger partial charge < -0.3 is 14.3 Å². The fourth-order valence-corrected chi connectivity index (χ4v) is 3.42. The minimum atomic E-state index is -4.47. The highest BCUT2D eigenvalue weighted by molar-refractivity contribution is 5.44. The third-order valence-electron chi connectivity index (χ3n) is 4.79. The molecule has 2 aromatic heterocycles. The first-order chi connectivity index (χ1) is 12.4. The highest BCUT2D eigenvalue weighted by atomic mass is 19.4. The number of hydrogen-bond acceptors (Lipinski definition) is 7. The minimum Gasteiger partial charge on any atom is -0.350 e. The minimum absolute atomic E-state index is 0.138. The first-order valence-corrected chi connectivity index (χ1v) is 8.64. The van der Waals surface area contributed by atoms with Gasteiger partial charge in [-0.3, -0.25) is 0 Å². The van der Waals surface area contributed by atoms with Crippen molar-refractivity contribution < 1.29 is 17.7 Å². The topological polar surface area (TPSA) is 71.2 Å². The SMILES string of the molecule is Cc1noc(N2CCC(N(c3cc(C(F)(F)F)ncn3)C3CC3)CC2)n1. The van der Waals surface area contributed by atoms with E-state index in [4.69, 9.17) is 4.52 Å². The smallest absolute Gasteiger partial charge is 0.350 e. The molecular weight excluding hydrogens is 349 g/mol. The Morgan fingerprint density at radius 1 is 1.12 bits per heavy atom. The molecule has 1 saturated heterocycles. The van der Waals surface area contributed by atoms with Crippen LogP contribution in [0.4, 0.5) is 25.0 Å². The van der Waals surface area contributed by atoms with Gasteiger partial charge in [0.1, 0.15) is 17.8 Å². The molecule has 0 atom stereocenters. The van der Waals surface area contributed by atoms with Crippen LogP contribution in [-0.4, -0.2) is 45.3 Å². The van der Waals surface area contributed by atoms with Gasteiger partial charge in [-0.2, -0.15) is 18.2 Å². The summed E-state index contributed by atoms with van der Waals surface area (Å²) < 4.78 is 44.2. The van der Waals surface area contributed by atoms with Gasteiger partial charge in [0.05, 0.1) is 0 Å². The third kappa shape index (κ3) is 3.45. The predicted octanol–water partition coefficient (Wildman–Crippen LogP) is 2.82. The Morgan fingerprint density at radius 2 is 1.81 bits per heavy atom. The zero-order valence-electron chi connectivity index (χ0n) is 14.3. The number of rotatable bonds is 4. The summed E-state index contributed by atoms with van der Waals surface area (Å²) in [7, 11) is 0. The molecule has 0 unspecified atom stereocenters. The molecule has 10 heteroatoms. The molecular formula is C16H19F3N6O. The van der Waals surface area contributed by atoms with Gasteiger partial charge in [-0.15, -0.1) is 0 Å². The molecule has 2 aliphatic rings. The zero-order chi connectivity index (χ0) is 18.3. The lowest BCUT2D eigenvalue weighted by Crippen LogP contribution is -2.46. The Hall–Kier alpha value is -2.39. The summed E-state index contributed by atoms with van der Waals surface area (Å²) in [6.07, 6.45) is 0.0887. The standard InChI is InChI=1S/C16H19F3N6O/c1-10-22-15(26-23-10)24-6-4-12(5-7-24)25(11-2-3-11)14-8-13(16(17,18)19)20-9-21-14/h8-9,11-12H,2-7H2,1H3. The van der Waals surface area contributed by atoms with Crippen LogP contribution < -0.4 is 9.80 Å². The van der Waals surface area contributed by atoms with Crippen LogP contribution in [0.25, 0.3) is 0 Å². The number of aromatic nitrogens is 4. The van der Waals surface area contributed by atoms with Crippen LogP contribution in [0.5, 0.6) is 0 Å². The molecule has 140 valence electrons. The number of aryl methyl sites for hydroxylation is 1. The normalized spacial score (nSPS) is 19.0. The van der Waals surface area contributed by atoms with Crippen LogP contribution in [0.1, 0.15) is 37.2 Å². The molecule has 0 amide bonds. The van der Waals surface area contributed by atoms with E-state index in [0.717, 1.165) is 38.1 Å². The molecule has 26 heavy (non-hydrogen) atoms. The average molecular weight is 368 g/mol. The molecule has 4 rings (SSSR count). The molecule has 1 saturated carbocycles. The quantitative estimate of drug-likeness (QED) is 0.822. The average Bonchev–Trinajstić information content (AvgIpc) is 3.35. The van der Waals surface area contributed by atoms with Crippen molar-refractivity contribution in [3.8, 4) is 0 Å². The van der Waals surface area contributed by atoms with Crippen LogP contribution in [0.15, 0.2) is 16.9 Å². The Balaban J connectivity index is 1.50. The second-order valence-corrected chi connectivity index (χ2v) is 6.74. The molecule has 2 fully saturated rings. The van der Waals surface area contributed by atoms with E-state index in [1.807, 2.05) is 9.80 Å². The molecule has 0 aromatic carbocycles. The number of piperidine rings is 1. The van der Waals surface area contributed by atoms with Crippen molar-refractivity contribution in [1.82, 2.24) is 20.1 Å². The van der Waals surface area contributed by atoms with Crippen molar-refractivity contribution in [3.05, 3.63) is 23.9 Å². The first-order valence-electron chi connectivity index (χ1n) is 8.64. The van der Waals surface area contributed by atoms with Crippen molar-refractivity contribution in [3.63, 3.8) is 0 Å². The maximum atomic E-state index is 13.0. The Labute approximate surface area is 148 Å². The molecule has 1 aliphatic heterocycles. The third-order valence-corrected chi connectivity index (χ3v) is 4.79. The van der Waals surface area contributed by atoms with Gasteiger partial charge in [0.2, 0.25) is 0 Å². The molecule has 0 radical (unpaired) electrons. The predicted molar refractivity (Wildman–Crippen MR) is 86.8 cm³/mol. The van der Waals surface area contributed by atoms with Gasteiger partial charge in [0, 0.05) is 31.2 Å². The van der Waals surface area contributed by atoms with E-state index in [0.29, 0.717) is 30.7 Å². The second-order valence-electron chi connectivity index (χ2n) is 6.74. The van der Waals surface area contributed by atoms with E-state index in [1.165, 1.54) is 0 Å². The Morgan fingerprint density at radius 3 is 2.38 bits per heavy atom. The maximum Gasteiger partial charge on any atom is 0.433 e. The first kappa shape index (κ1) is 17.0. The molecule has 0 N–H and O–H groups in total. The van der Waals surface area contributed by atoms with Crippen LogP contribution >= 0.6 is 0 Å². The summed E-state index contributed by atoms with van der Waals surface area (Å²) in [5.41, 5.74) is -0.896. The summed E-state index contributed by atoms with van der Waals surface area (Å²) >= 11 is 0. The highest BCUT2D eigenvalue weighted by Crippen LogP contribution is 2.37. The van der Waals surface area contributed by atoms with E-state index in [-0.39, 0.29) is 12.1 Å². The van der Waals surface area contributed by atoms with E-state index < -0.39 is 11.9 Å². The number of halogens is 3. The number of alkyl halides is 3. The van der Waals surface area contributed by atoms with Crippen LogP contribution in [-0.2, 0) is 6.18 Å². The molecule has 7 nitrogen and oxygen atoms in total.